The van der Waals surface area contributed by atoms with E-state index in [0.29, 0.717) is 0 Å². The Hall–Kier alpha value is 0.01000. The molecule has 6 heteroatoms. The summed E-state index contributed by atoms with van der Waals surface area (Å²) in [6.45, 7) is 0.811. The molecule has 1 atom stereocenters. The maximum Gasteiger partial charge on any atom is 0.334 e. The molecule has 0 aliphatic carbocycles. The van der Waals surface area contributed by atoms with Gasteiger partial charge in [0, 0.05) is 0 Å². The van der Waals surface area contributed by atoms with Crippen LogP contribution < -0.4 is 0 Å². The molecule has 0 amide bonds. The Labute approximate surface area is 50.9 Å². The molecular formula is C3H7F2O3P. The lowest BCUT2D eigenvalue weighted by atomic mass is 10.5. The SMILES string of the molecule is CC(C(F)F)P(=O)(O)O. The summed E-state index contributed by atoms with van der Waals surface area (Å²) < 4.78 is 32.9. The minimum atomic E-state index is -4.56. The molecule has 0 fully saturated rings. The molecule has 0 spiro atoms. The molecule has 0 saturated carbocycles. The first-order chi connectivity index (χ1) is 3.85. The third kappa shape index (κ3) is 2.89. The molecule has 0 aliphatic rings. The van der Waals surface area contributed by atoms with Gasteiger partial charge < -0.3 is 9.79 Å². The molecule has 2 N–H and O–H groups in total. The van der Waals surface area contributed by atoms with Crippen LogP contribution in [0, 0.1) is 0 Å². The highest BCUT2D eigenvalue weighted by molar-refractivity contribution is 7.52. The number of rotatable bonds is 2. The van der Waals surface area contributed by atoms with Crippen molar-refractivity contribution in [3.05, 3.63) is 0 Å². The molecular weight excluding hydrogens is 153 g/mol. The van der Waals surface area contributed by atoms with Gasteiger partial charge in [-0.1, -0.05) is 0 Å². The average molecular weight is 160 g/mol. The van der Waals surface area contributed by atoms with Crippen molar-refractivity contribution in [3.63, 3.8) is 0 Å². The smallest absolute Gasteiger partial charge is 0.324 e. The van der Waals surface area contributed by atoms with Crippen molar-refractivity contribution >= 4 is 7.60 Å². The van der Waals surface area contributed by atoms with Crippen LogP contribution in [0.3, 0.4) is 0 Å². The molecule has 0 bridgehead atoms. The molecule has 0 aromatic heterocycles. The zero-order valence-electron chi connectivity index (χ0n) is 4.66. The maximum atomic E-state index is 11.4. The number of alkyl halides is 2. The van der Waals surface area contributed by atoms with Crippen LogP contribution in [0.25, 0.3) is 0 Å². The molecule has 0 saturated heterocycles. The zero-order valence-corrected chi connectivity index (χ0v) is 5.55. The van der Waals surface area contributed by atoms with Gasteiger partial charge in [-0.3, -0.25) is 4.57 Å². The summed E-state index contributed by atoms with van der Waals surface area (Å²) in [5.41, 5.74) is -1.85. The third-order valence-corrected chi connectivity index (χ3v) is 2.18. The summed E-state index contributed by atoms with van der Waals surface area (Å²) in [5, 5.41) is 0. The van der Waals surface area contributed by atoms with Crippen LogP contribution in [0.5, 0.6) is 0 Å². The van der Waals surface area contributed by atoms with Crippen LogP contribution >= 0.6 is 7.60 Å². The van der Waals surface area contributed by atoms with E-state index in [1.807, 2.05) is 0 Å². The molecule has 9 heavy (non-hydrogen) atoms. The Bertz CT molecular complexity index is 131. The fourth-order valence-electron chi connectivity index (χ4n) is 0.147. The summed E-state index contributed by atoms with van der Waals surface area (Å²) in [6.07, 6.45) is -2.95. The molecule has 0 rings (SSSR count). The molecule has 1 unspecified atom stereocenters. The van der Waals surface area contributed by atoms with Crippen LogP contribution in [0.4, 0.5) is 8.78 Å². The summed E-state index contributed by atoms with van der Waals surface area (Å²) in [5.74, 6) is 0. The van der Waals surface area contributed by atoms with Gasteiger partial charge in [0.15, 0.2) is 0 Å². The molecule has 0 heterocycles. The first kappa shape index (κ1) is 9.01. The number of hydrogen-bond acceptors (Lipinski definition) is 1. The van der Waals surface area contributed by atoms with Gasteiger partial charge in [0.1, 0.15) is 5.66 Å². The van der Waals surface area contributed by atoms with Crippen LogP contribution in [-0.2, 0) is 4.57 Å². The highest BCUT2D eigenvalue weighted by atomic mass is 31.2. The van der Waals surface area contributed by atoms with E-state index >= 15 is 0 Å². The Balaban J connectivity index is 4.05. The summed E-state index contributed by atoms with van der Waals surface area (Å²) in [7, 11) is -4.56. The second-order valence-corrected chi connectivity index (χ2v) is 3.66. The van der Waals surface area contributed by atoms with E-state index in [-0.39, 0.29) is 0 Å². The van der Waals surface area contributed by atoms with Gasteiger partial charge in [-0.15, -0.1) is 0 Å². The van der Waals surface area contributed by atoms with E-state index in [4.69, 9.17) is 9.79 Å². The Morgan fingerprint density at radius 3 is 1.78 bits per heavy atom. The average Bonchev–Trinajstić information content (AvgIpc) is 1.62. The van der Waals surface area contributed by atoms with E-state index in [9.17, 15) is 13.3 Å². The fraction of sp³-hybridized carbons (Fsp3) is 1.00. The lowest BCUT2D eigenvalue weighted by Crippen LogP contribution is -2.13. The monoisotopic (exact) mass is 160 g/mol. The first-order valence-electron chi connectivity index (χ1n) is 2.19. The van der Waals surface area contributed by atoms with E-state index in [2.05, 4.69) is 0 Å². The second-order valence-electron chi connectivity index (χ2n) is 1.66. The molecule has 56 valence electrons. The van der Waals surface area contributed by atoms with Crippen LogP contribution in [-0.4, -0.2) is 21.9 Å². The molecule has 3 nitrogen and oxygen atoms in total. The Morgan fingerprint density at radius 1 is 1.44 bits per heavy atom. The number of halogens is 2. The van der Waals surface area contributed by atoms with Crippen LogP contribution in [0.2, 0.25) is 0 Å². The van der Waals surface area contributed by atoms with Crippen molar-refractivity contribution in [2.75, 3.05) is 0 Å². The quantitative estimate of drug-likeness (QED) is 0.588. The predicted molar refractivity (Wildman–Crippen MR) is 27.5 cm³/mol. The summed E-state index contributed by atoms with van der Waals surface area (Å²) in [4.78, 5) is 16.2. The lowest BCUT2D eigenvalue weighted by Gasteiger charge is -2.10. The Morgan fingerprint density at radius 2 is 1.78 bits per heavy atom. The Kier molecular flexibility index (Phi) is 2.73. The van der Waals surface area contributed by atoms with Crippen LogP contribution in [0.1, 0.15) is 6.92 Å². The lowest BCUT2D eigenvalue weighted by molar-refractivity contribution is 0.136. The normalized spacial score (nSPS) is 16.2. The van der Waals surface area contributed by atoms with Crippen molar-refractivity contribution in [3.8, 4) is 0 Å². The molecule has 0 radical (unpaired) electrons. The summed E-state index contributed by atoms with van der Waals surface area (Å²) >= 11 is 0. The maximum absolute atomic E-state index is 11.4. The molecule has 0 aromatic rings. The standard InChI is InChI=1S/C3H7F2O3P/c1-2(3(4)5)9(6,7)8/h2-3H,1H3,(H2,6,7,8). The largest absolute Gasteiger partial charge is 0.334 e. The highest BCUT2D eigenvalue weighted by Gasteiger charge is 2.31. The van der Waals surface area contributed by atoms with Gasteiger partial charge in [0.25, 0.3) is 6.43 Å². The van der Waals surface area contributed by atoms with E-state index in [1.54, 1.807) is 0 Å². The minimum Gasteiger partial charge on any atom is -0.324 e. The predicted octanol–water partition coefficient (Wildman–Crippen LogP) is 0.818. The van der Waals surface area contributed by atoms with Crippen molar-refractivity contribution in [1.29, 1.82) is 0 Å². The van der Waals surface area contributed by atoms with Gasteiger partial charge >= 0.3 is 7.60 Å². The molecule has 0 aromatic carbocycles. The van der Waals surface area contributed by atoms with Crippen molar-refractivity contribution in [2.45, 2.75) is 19.0 Å². The minimum absolute atomic E-state index is 0.811. The van der Waals surface area contributed by atoms with Crippen molar-refractivity contribution in [2.24, 2.45) is 0 Å². The highest BCUT2D eigenvalue weighted by Crippen LogP contribution is 2.43. The molecule has 0 aliphatic heterocycles. The van der Waals surface area contributed by atoms with Gasteiger partial charge in [-0.25, -0.2) is 8.78 Å². The van der Waals surface area contributed by atoms with Gasteiger partial charge in [0.2, 0.25) is 0 Å². The second kappa shape index (κ2) is 2.73. The number of hydrogen-bond donors (Lipinski definition) is 2. The topological polar surface area (TPSA) is 57.5 Å². The van der Waals surface area contributed by atoms with E-state index in [0.717, 1.165) is 6.92 Å². The van der Waals surface area contributed by atoms with Gasteiger partial charge in [-0.05, 0) is 6.92 Å². The van der Waals surface area contributed by atoms with Gasteiger partial charge in [0.05, 0.1) is 0 Å². The van der Waals surface area contributed by atoms with Gasteiger partial charge in [-0.2, -0.15) is 0 Å². The third-order valence-electron chi connectivity index (χ3n) is 0.895. The van der Waals surface area contributed by atoms with Crippen molar-refractivity contribution in [1.82, 2.24) is 0 Å². The van der Waals surface area contributed by atoms with Crippen LogP contribution in [0.15, 0.2) is 0 Å². The van der Waals surface area contributed by atoms with E-state index in [1.165, 1.54) is 0 Å². The first-order valence-corrected chi connectivity index (χ1v) is 3.87. The van der Waals surface area contributed by atoms with Crippen molar-refractivity contribution < 1.29 is 23.1 Å². The fourth-order valence-corrected chi connectivity index (χ4v) is 0.440. The summed E-state index contributed by atoms with van der Waals surface area (Å²) in [6, 6.07) is 0. The van der Waals surface area contributed by atoms with E-state index < -0.39 is 19.7 Å². The zero-order chi connectivity index (χ0) is 7.65.